The van der Waals surface area contributed by atoms with E-state index in [-0.39, 0.29) is 12.2 Å². The molecule has 0 atom stereocenters. The number of aliphatic carboxylic acids is 1. The molecule has 0 heterocycles. The van der Waals surface area contributed by atoms with Crippen molar-refractivity contribution in [3.8, 4) is 0 Å². The highest BCUT2D eigenvalue weighted by Gasteiger charge is 2.01. The van der Waals surface area contributed by atoms with Gasteiger partial charge in [0.15, 0.2) is 0 Å². The molecular formula is C9H13N3O3. The molecule has 0 aliphatic rings. The molecule has 0 aliphatic carbocycles. The number of hydrogen-bond donors (Lipinski definition) is 3. The van der Waals surface area contributed by atoms with Crippen molar-refractivity contribution in [3.63, 3.8) is 0 Å². The number of allylic oxidation sites excluding steroid dienone is 1. The lowest BCUT2D eigenvalue weighted by atomic mass is 10.2. The Morgan fingerprint density at radius 2 is 2.33 bits per heavy atom. The molecule has 0 radical (unpaired) electrons. The summed E-state index contributed by atoms with van der Waals surface area (Å²) < 4.78 is 5.13. The summed E-state index contributed by atoms with van der Waals surface area (Å²) in [5, 5.41) is 11.5. The van der Waals surface area contributed by atoms with E-state index in [4.69, 9.17) is 15.4 Å². The Morgan fingerprint density at radius 1 is 1.67 bits per heavy atom. The molecule has 0 saturated heterocycles. The SMILES string of the molecule is C=C/C(=C\C(=C)C(=O)O)OCCNN=N. The Hall–Kier alpha value is -2.11. The van der Waals surface area contributed by atoms with Crippen molar-refractivity contribution >= 4 is 5.97 Å². The van der Waals surface area contributed by atoms with Gasteiger partial charge in [-0.25, -0.2) is 4.79 Å². The van der Waals surface area contributed by atoms with Gasteiger partial charge in [-0.05, 0) is 12.2 Å². The van der Waals surface area contributed by atoms with E-state index in [2.05, 4.69) is 23.8 Å². The van der Waals surface area contributed by atoms with E-state index in [1.807, 2.05) is 0 Å². The zero-order valence-electron chi connectivity index (χ0n) is 8.19. The van der Waals surface area contributed by atoms with E-state index in [0.29, 0.717) is 12.3 Å². The van der Waals surface area contributed by atoms with Crippen LogP contribution in [0.2, 0.25) is 0 Å². The van der Waals surface area contributed by atoms with Crippen LogP contribution in [-0.4, -0.2) is 24.2 Å². The molecule has 0 aromatic carbocycles. The van der Waals surface area contributed by atoms with Crippen LogP contribution in [0.15, 0.2) is 41.9 Å². The highest BCUT2D eigenvalue weighted by molar-refractivity contribution is 5.89. The molecule has 0 bridgehead atoms. The molecule has 3 N–H and O–H groups in total. The van der Waals surface area contributed by atoms with Crippen molar-refractivity contribution in [2.24, 2.45) is 5.22 Å². The molecule has 0 aromatic rings. The van der Waals surface area contributed by atoms with Crippen LogP contribution in [0.1, 0.15) is 0 Å². The number of hydrogen-bond acceptors (Lipinski definition) is 4. The van der Waals surface area contributed by atoms with Gasteiger partial charge in [0.1, 0.15) is 12.4 Å². The first-order chi connectivity index (χ1) is 7.11. The summed E-state index contributed by atoms with van der Waals surface area (Å²) in [5.74, 6) is -0.800. The Bertz CT molecular complexity index is 297. The molecule has 0 fully saturated rings. The first-order valence-corrected chi connectivity index (χ1v) is 4.10. The van der Waals surface area contributed by atoms with Crippen molar-refractivity contribution in [3.05, 3.63) is 36.6 Å². The molecule has 6 nitrogen and oxygen atoms in total. The van der Waals surface area contributed by atoms with Gasteiger partial charge < -0.3 is 9.84 Å². The average molecular weight is 211 g/mol. The second-order valence-electron chi connectivity index (χ2n) is 2.45. The quantitative estimate of drug-likeness (QED) is 0.141. The number of carbonyl (C=O) groups is 1. The van der Waals surface area contributed by atoms with Crippen molar-refractivity contribution in [2.45, 2.75) is 0 Å². The number of ether oxygens (including phenoxy) is 1. The van der Waals surface area contributed by atoms with Crippen LogP contribution < -0.4 is 5.43 Å². The molecule has 15 heavy (non-hydrogen) atoms. The largest absolute Gasteiger partial charge is 0.492 e. The maximum atomic E-state index is 10.4. The van der Waals surface area contributed by atoms with Crippen LogP contribution in [0.5, 0.6) is 0 Å². The van der Waals surface area contributed by atoms with Crippen LogP contribution in [0.25, 0.3) is 0 Å². The summed E-state index contributed by atoms with van der Waals surface area (Å²) in [7, 11) is 0. The first-order valence-electron chi connectivity index (χ1n) is 4.10. The summed E-state index contributed by atoms with van der Waals surface area (Å²) in [6.45, 7) is 7.40. The molecule has 0 rings (SSSR count). The minimum absolute atomic E-state index is 0.0805. The Morgan fingerprint density at radius 3 is 2.80 bits per heavy atom. The fourth-order valence-electron chi connectivity index (χ4n) is 0.663. The normalized spacial score (nSPS) is 10.3. The van der Waals surface area contributed by atoms with Gasteiger partial charge in [-0.1, -0.05) is 18.4 Å². The zero-order chi connectivity index (χ0) is 11.7. The fourth-order valence-corrected chi connectivity index (χ4v) is 0.663. The minimum atomic E-state index is -1.11. The monoisotopic (exact) mass is 211 g/mol. The lowest BCUT2D eigenvalue weighted by molar-refractivity contribution is -0.132. The van der Waals surface area contributed by atoms with Gasteiger partial charge in [0, 0.05) is 0 Å². The molecule has 0 saturated carbocycles. The van der Waals surface area contributed by atoms with Crippen LogP contribution >= 0.6 is 0 Å². The highest BCUT2D eigenvalue weighted by Crippen LogP contribution is 2.03. The van der Waals surface area contributed by atoms with Gasteiger partial charge in [-0.3, -0.25) is 5.43 Å². The summed E-state index contributed by atoms with van der Waals surface area (Å²) >= 11 is 0. The predicted molar refractivity (Wildman–Crippen MR) is 54.2 cm³/mol. The molecule has 0 spiro atoms. The standard InChI is InChI=1S/C9H13N3O3/c1-3-8(6-7(2)9(13)14)15-5-4-11-12-10/h3,6H,1-2,4-5H2,(H2,10,11)(H,13,14)/b8-6+. The van der Waals surface area contributed by atoms with Gasteiger partial charge in [-0.2, -0.15) is 5.53 Å². The Labute approximate surface area is 87.4 Å². The lowest BCUT2D eigenvalue weighted by Gasteiger charge is -2.05. The van der Waals surface area contributed by atoms with E-state index in [1.54, 1.807) is 0 Å². The number of rotatable bonds is 8. The molecule has 6 heteroatoms. The Balaban J connectivity index is 4.12. The topological polar surface area (TPSA) is 94.8 Å². The van der Waals surface area contributed by atoms with Crippen molar-refractivity contribution in [2.75, 3.05) is 13.2 Å². The van der Waals surface area contributed by atoms with Crippen molar-refractivity contribution in [1.29, 1.82) is 5.53 Å². The van der Waals surface area contributed by atoms with Crippen LogP contribution in [0.3, 0.4) is 0 Å². The van der Waals surface area contributed by atoms with Gasteiger partial charge >= 0.3 is 5.97 Å². The van der Waals surface area contributed by atoms with E-state index < -0.39 is 5.97 Å². The number of carboxylic acids is 1. The predicted octanol–water partition coefficient (Wildman–Crippen LogP) is 1.25. The summed E-state index contributed by atoms with van der Waals surface area (Å²) in [5.41, 5.74) is 8.72. The third-order valence-corrected chi connectivity index (χ3v) is 1.35. The van der Waals surface area contributed by atoms with Gasteiger partial charge in [-0.15, -0.1) is 0 Å². The Kier molecular flexibility index (Phi) is 6.28. The van der Waals surface area contributed by atoms with E-state index in [9.17, 15) is 4.79 Å². The number of nitrogens with zero attached hydrogens (tertiary/aromatic N) is 1. The molecule has 0 unspecified atom stereocenters. The number of carboxylic acid groups (broad SMARTS) is 1. The molecule has 82 valence electrons. The highest BCUT2D eigenvalue weighted by atomic mass is 16.5. The van der Waals surface area contributed by atoms with E-state index in [1.165, 1.54) is 12.2 Å². The fraction of sp³-hybridized carbons (Fsp3) is 0.222. The molecular weight excluding hydrogens is 198 g/mol. The second kappa shape index (κ2) is 7.31. The molecule has 0 amide bonds. The lowest BCUT2D eigenvalue weighted by Crippen LogP contribution is -2.12. The summed E-state index contributed by atoms with van der Waals surface area (Å²) in [6.07, 6.45) is 2.65. The van der Waals surface area contributed by atoms with Gasteiger partial charge in [0.25, 0.3) is 0 Å². The second-order valence-corrected chi connectivity index (χ2v) is 2.45. The van der Waals surface area contributed by atoms with Crippen LogP contribution in [0.4, 0.5) is 0 Å². The van der Waals surface area contributed by atoms with E-state index in [0.717, 1.165) is 0 Å². The van der Waals surface area contributed by atoms with Crippen LogP contribution in [0, 0.1) is 5.53 Å². The smallest absolute Gasteiger partial charge is 0.335 e. The van der Waals surface area contributed by atoms with Crippen molar-refractivity contribution in [1.82, 2.24) is 5.43 Å². The summed E-state index contributed by atoms with van der Waals surface area (Å²) in [4.78, 5) is 10.4. The van der Waals surface area contributed by atoms with E-state index >= 15 is 0 Å². The van der Waals surface area contributed by atoms with Gasteiger partial charge in [0.05, 0.1) is 12.1 Å². The first kappa shape index (κ1) is 12.9. The average Bonchev–Trinajstić information content (AvgIpc) is 2.22. The summed E-state index contributed by atoms with van der Waals surface area (Å²) in [6, 6.07) is 0. The number of nitrogens with one attached hydrogen (secondary N) is 2. The molecule has 0 aromatic heterocycles. The van der Waals surface area contributed by atoms with Crippen LogP contribution in [-0.2, 0) is 9.53 Å². The molecule has 0 aliphatic heterocycles. The third-order valence-electron chi connectivity index (χ3n) is 1.35. The van der Waals surface area contributed by atoms with Gasteiger partial charge in [0.2, 0.25) is 0 Å². The minimum Gasteiger partial charge on any atom is -0.492 e. The van der Waals surface area contributed by atoms with Crippen molar-refractivity contribution < 1.29 is 14.6 Å². The maximum Gasteiger partial charge on any atom is 0.335 e. The third kappa shape index (κ3) is 6.03. The zero-order valence-corrected chi connectivity index (χ0v) is 8.19. The maximum absolute atomic E-state index is 10.4.